The second-order valence-electron chi connectivity index (χ2n) is 8.20. The average molecular weight is 500 g/mol. The molecule has 1 aliphatic rings. The molecule has 0 saturated carbocycles. The molecule has 180 valence electrons. The van der Waals surface area contributed by atoms with Gasteiger partial charge in [0.15, 0.2) is 0 Å². The van der Waals surface area contributed by atoms with E-state index in [2.05, 4.69) is 10.2 Å². The van der Waals surface area contributed by atoms with E-state index in [9.17, 15) is 8.42 Å². The van der Waals surface area contributed by atoms with Crippen LogP contribution in [0.1, 0.15) is 12.0 Å². The summed E-state index contributed by atoms with van der Waals surface area (Å²) in [6.07, 6.45) is 0.916. The van der Waals surface area contributed by atoms with Crippen LogP contribution in [-0.2, 0) is 16.6 Å². The third kappa shape index (κ3) is 6.30. The van der Waals surface area contributed by atoms with Crippen LogP contribution in [0, 0.1) is 0 Å². The number of halogens is 1. The van der Waals surface area contributed by atoms with Gasteiger partial charge in [-0.05, 0) is 48.9 Å². The van der Waals surface area contributed by atoms with Crippen molar-refractivity contribution in [1.82, 2.24) is 10.2 Å². The summed E-state index contributed by atoms with van der Waals surface area (Å²) < 4.78 is 34.8. The number of hydrogen-bond acceptors (Lipinski definition) is 5. The fraction of sp³-hybridized carbons (Fsp3) is 0.308. The summed E-state index contributed by atoms with van der Waals surface area (Å²) in [5.41, 5.74) is 1.40. The average Bonchev–Trinajstić information content (AvgIpc) is 2.87. The number of rotatable bonds is 10. The summed E-state index contributed by atoms with van der Waals surface area (Å²) in [6, 6.07) is 23.0. The fourth-order valence-corrected chi connectivity index (χ4v) is 5.55. The molecule has 1 saturated heterocycles. The molecule has 6 nitrogen and oxygen atoms in total. The van der Waals surface area contributed by atoms with Crippen LogP contribution in [0.4, 0.5) is 5.69 Å². The second kappa shape index (κ2) is 11.7. The molecule has 1 N–H and O–H groups in total. The number of ether oxygens (including phenoxy) is 1. The Hall–Kier alpha value is -2.58. The second-order valence-corrected chi connectivity index (χ2v) is 10.5. The largest absolute Gasteiger partial charge is 0.493 e. The predicted molar refractivity (Wildman–Crippen MR) is 137 cm³/mol. The van der Waals surface area contributed by atoms with Crippen molar-refractivity contribution >= 4 is 27.3 Å². The van der Waals surface area contributed by atoms with Crippen molar-refractivity contribution < 1.29 is 13.2 Å². The van der Waals surface area contributed by atoms with Crippen LogP contribution in [0.15, 0.2) is 83.8 Å². The first-order chi connectivity index (χ1) is 16.5. The zero-order valence-electron chi connectivity index (χ0n) is 19.1. The molecule has 34 heavy (non-hydrogen) atoms. The molecule has 1 fully saturated rings. The van der Waals surface area contributed by atoms with Crippen LogP contribution in [0.2, 0.25) is 5.02 Å². The van der Waals surface area contributed by atoms with Gasteiger partial charge in [-0.3, -0.25) is 4.31 Å². The number of para-hydroxylation sites is 2. The zero-order chi connectivity index (χ0) is 23.8. The van der Waals surface area contributed by atoms with Crippen LogP contribution >= 0.6 is 11.6 Å². The standard InChI is InChI=1S/C26H30ClN3O3S/c27-23-11-13-25(14-12-23)34(31,32)30(24-8-2-1-3-9-24)21-22-7-4-5-10-26(22)33-20-6-17-29-18-15-28-16-19-29/h1-5,7-14,28H,6,15-21H2. The van der Waals surface area contributed by atoms with Crippen molar-refractivity contribution in [2.24, 2.45) is 0 Å². The molecule has 3 aromatic carbocycles. The molecule has 3 aromatic rings. The summed E-state index contributed by atoms with van der Waals surface area (Å²) in [6.45, 7) is 5.91. The van der Waals surface area contributed by atoms with Gasteiger partial charge in [-0.1, -0.05) is 48.0 Å². The first-order valence-electron chi connectivity index (χ1n) is 11.5. The first kappa shape index (κ1) is 24.5. The molecule has 1 aliphatic heterocycles. The molecule has 0 atom stereocenters. The number of nitrogens with one attached hydrogen (secondary N) is 1. The highest BCUT2D eigenvalue weighted by Gasteiger charge is 2.26. The van der Waals surface area contributed by atoms with E-state index in [1.165, 1.54) is 16.4 Å². The van der Waals surface area contributed by atoms with Crippen LogP contribution in [0.3, 0.4) is 0 Å². The molecule has 0 bridgehead atoms. The minimum atomic E-state index is -3.82. The smallest absolute Gasteiger partial charge is 0.264 e. The third-order valence-electron chi connectivity index (χ3n) is 5.82. The predicted octanol–water partition coefficient (Wildman–Crippen LogP) is 4.41. The molecule has 4 rings (SSSR count). The van der Waals surface area contributed by atoms with E-state index in [0.717, 1.165) is 44.7 Å². The van der Waals surface area contributed by atoms with Gasteiger partial charge in [0.05, 0.1) is 23.7 Å². The Morgan fingerprint density at radius 1 is 0.912 bits per heavy atom. The molecule has 0 unspecified atom stereocenters. The molecule has 8 heteroatoms. The minimum Gasteiger partial charge on any atom is -0.493 e. The van der Waals surface area contributed by atoms with Gasteiger partial charge in [-0.15, -0.1) is 0 Å². The Balaban J connectivity index is 1.52. The highest BCUT2D eigenvalue weighted by molar-refractivity contribution is 7.92. The Kier molecular flexibility index (Phi) is 8.45. The molecule has 0 spiro atoms. The highest BCUT2D eigenvalue weighted by atomic mass is 35.5. The van der Waals surface area contributed by atoms with Gasteiger partial charge in [0.1, 0.15) is 5.75 Å². The molecular weight excluding hydrogens is 470 g/mol. The van der Waals surface area contributed by atoms with Crippen LogP contribution in [-0.4, -0.2) is 52.6 Å². The summed E-state index contributed by atoms with van der Waals surface area (Å²) in [7, 11) is -3.82. The van der Waals surface area contributed by atoms with Crippen LogP contribution < -0.4 is 14.4 Å². The lowest BCUT2D eigenvalue weighted by Gasteiger charge is -2.27. The maximum atomic E-state index is 13.6. The van der Waals surface area contributed by atoms with E-state index in [4.69, 9.17) is 16.3 Å². The van der Waals surface area contributed by atoms with Crippen molar-refractivity contribution in [2.75, 3.05) is 43.6 Å². The number of piperazine rings is 1. The van der Waals surface area contributed by atoms with Crippen molar-refractivity contribution in [3.63, 3.8) is 0 Å². The number of benzene rings is 3. The van der Waals surface area contributed by atoms with Gasteiger partial charge >= 0.3 is 0 Å². The summed E-state index contributed by atoms with van der Waals surface area (Å²) in [5.74, 6) is 0.704. The van der Waals surface area contributed by atoms with E-state index in [-0.39, 0.29) is 11.4 Å². The van der Waals surface area contributed by atoms with E-state index >= 15 is 0 Å². The summed E-state index contributed by atoms with van der Waals surface area (Å²) >= 11 is 5.99. The summed E-state index contributed by atoms with van der Waals surface area (Å²) in [5, 5.41) is 3.85. The third-order valence-corrected chi connectivity index (χ3v) is 7.86. The fourth-order valence-electron chi connectivity index (χ4n) is 3.98. The lowest BCUT2D eigenvalue weighted by molar-refractivity contribution is 0.213. The molecule has 0 aliphatic carbocycles. The minimum absolute atomic E-state index is 0.156. The van der Waals surface area contributed by atoms with Crippen molar-refractivity contribution in [2.45, 2.75) is 17.9 Å². The van der Waals surface area contributed by atoms with Gasteiger partial charge < -0.3 is 15.0 Å². The molecular formula is C26H30ClN3O3S. The Morgan fingerprint density at radius 2 is 1.59 bits per heavy atom. The van der Waals surface area contributed by atoms with Crippen molar-refractivity contribution in [3.8, 4) is 5.75 Å². The van der Waals surface area contributed by atoms with Gasteiger partial charge in [0.25, 0.3) is 10.0 Å². The molecule has 0 aromatic heterocycles. The summed E-state index contributed by atoms with van der Waals surface area (Å²) in [4.78, 5) is 2.62. The Labute approximate surface area is 207 Å². The van der Waals surface area contributed by atoms with E-state index in [1.807, 2.05) is 42.5 Å². The topological polar surface area (TPSA) is 61.9 Å². The van der Waals surface area contributed by atoms with Gasteiger partial charge in [0, 0.05) is 43.3 Å². The maximum Gasteiger partial charge on any atom is 0.264 e. The highest BCUT2D eigenvalue weighted by Crippen LogP contribution is 2.29. The lowest BCUT2D eigenvalue weighted by atomic mass is 10.2. The Bertz CT molecular complexity index is 1150. The zero-order valence-corrected chi connectivity index (χ0v) is 20.6. The number of hydrogen-bond donors (Lipinski definition) is 1. The van der Waals surface area contributed by atoms with E-state index in [1.54, 1.807) is 24.3 Å². The molecule has 0 amide bonds. The van der Waals surface area contributed by atoms with E-state index in [0.29, 0.717) is 23.1 Å². The number of sulfonamides is 1. The van der Waals surface area contributed by atoms with Gasteiger partial charge in [0.2, 0.25) is 0 Å². The quantitative estimate of drug-likeness (QED) is 0.419. The van der Waals surface area contributed by atoms with Crippen LogP contribution in [0.5, 0.6) is 5.75 Å². The molecule has 0 radical (unpaired) electrons. The maximum absolute atomic E-state index is 13.6. The Morgan fingerprint density at radius 3 is 2.32 bits per heavy atom. The molecule has 1 heterocycles. The van der Waals surface area contributed by atoms with Crippen LogP contribution in [0.25, 0.3) is 0 Å². The SMILES string of the molecule is O=S(=O)(c1ccc(Cl)cc1)N(Cc1ccccc1OCCCN1CCNCC1)c1ccccc1. The normalized spacial score (nSPS) is 14.6. The first-order valence-corrected chi connectivity index (χ1v) is 13.3. The lowest BCUT2D eigenvalue weighted by Crippen LogP contribution is -2.44. The van der Waals surface area contributed by atoms with Gasteiger partial charge in [-0.25, -0.2) is 8.42 Å². The number of nitrogens with zero attached hydrogens (tertiary/aromatic N) is 2. The number of anilines is 1. The monoisotopic (exact) mass is 499 g/mol. The van der Waals surface area contributed by atoms with Gasteiger partial charge in [-0.2, -0.15) is 0 Å². The van der Waals surface area contributed by atoms with Crippen molar-refractivity contribution in [1.29, 1.82) is 0 Å². The van der Waals surface area contributed by atoms with Crippen molar-refractivity contribution in [3.05, 3.63) is 89.4 Å². The van der Waals surface area contributed by atoms with E-state index < -0.39 is 10.0 Å².